The lowest BCUT2D eigenvalue weighted by Crippen LogP contribution is -2.36. The second-order valence-electron chi connectivity index (χ2n) is 5.33. The van der Waals surface area contributed by atoms with Gasteiger partial charge in [0.1, 0.15) is 11.7 Å². The number of nitrogens with one attached hydrogen (secondary N) is 1. The number of rotatable bonds is 4. The van der Waals surface area contributed by atoms with Gasteiger partial charge in [-0.3, -0.25) is 9.20 Å². The van der Waals surface area contributed by atoms with Crippen LogP contribution < -0.4 is 5.32 Å². The molecule has 2 aromatic carbocycles. The van der Waals surface area contributed by atoms with Crippen molar-refractivity contribution in [3.05, 3.63) is 71.5 Å². The molecular formula is C17H17FN2OS. The van der Waals surface area contributed by atoms with Crippen molar-refractivity contribution in [2.75, 3.05) is 12.0 Å². The molecule has 0 aromatic heterocycles. The van der Waals surface area contributed by atoms with E-state index < -0.39 is 10.8 Å². The molecule has 1 aliphatic rings. The van der Waals surface area contributed by atoms with Crippen LogP contribution in [0.3, 0.4) is 0 Å². The molecule has 114 valence electrons. The maximum Gasteiger partial charge on any atom is 0.129 e. The maximum absolute atomic E-state index is 13.1. The smallest absolute Gasteiger partial charge is 0.129 e. The Bertz CT molecular complexity index is 700. The van der Waals surface area contributed by atoms with Gasteiger partial charge in [-0.05, 0) is 29.8 Å². The minimum absolute atomic E-state index is 0.0201. The Balaban J connectivity index is 1.92. The number of hydrogen-bond acceptors (Lipinski definition) is 3. The summed E-state index contributed by atoms with van der Waals surface area (Å²) in [5.74, 6) is 0.978. The van der Waals surface area contributed by atoms with Crippen LogP contribution in [0.4, 0.5) is 4.39 Å². The molecule has 0 bridgehead atoms. The summed E-state index contributed by atoms with van der Waals surface area (Å²) in [5, 5.41) is 3.34. The van der Waals surface area contributed by atoms with Crippen LogP contribution in [-0.4, -0.2) is 28.1 Å². The molecule has 5 heteroatoms. The fraction of sp³-hybridized carbons (Fsp3) is 0.235. The summed E-state index contributed by atoms with van der Waals surface area (Å²) in [6.45, 7) is 0. The average molecular weight is 316 g/mol. The highest BCUT2D eigenvalue weighted by atomic mass is 32.2. The van der Waals surface area contributed by atoms with E-state index in [0.29, 0.717) is 5.75 Å². The predicted octanol–water partition coefficient (Wildman–Crippen LogP) is 2.66. The summed E-state index contributed by atoms with van der Waals surface area (Å²) in [6.07, 6.45) is 1.69. The molecule has 3 rings (SSSR count). The summed E-state index contributed by atoms with van der Waals surface area (Å²) in [5.41, 5.74) is 1.93. The molecular weight excluding hydrogens is 299 g/mol. The van der Waals surface area contributed by atoms with Gasteiger partial charge in [-0.15, -0.1) is 0 Å². The number of nitrogens with zero attached hydrogens (tertiary/aromatic N) is 1. The van der Waals surface area contributed by atoms with E-state index in [4.69, 9.17) is 4.99 Å². The maximum atomic E-state index is 13.1. The quantitative estimate of drug-likeness (QED) is 0.942. The van der Waals surface area contributed by atoms with Gasteiger partial charge in [0.15, 0.2) is 0 Å². The second-order valence-corrected chi connectivity index (χ2v) is 6.81. The summed E-state index contributed by atoms with van der Waals surface area (Å²) >= 11 is 0. The van der Waals surface area contributed by atoms with Gasteiger partial charge in [-0.1, -0.05) is 30.3 Å². The summed E-state index contributed by atoms with van der Waals surface area (Å²) in [4.78, 5) is 4.74. The first-order valence-electron chi connectivity index (χ1n) is 7.09. The van der Waals surface area contributed by atoms with Gasteiger partial charge in [0.25, 0.3) is 0 Å². The highest BCUT2D eigenvalue weighted by Crippen LogP contribution is 2.27. The molecule has 3 unspecified atom stereocenters. The molecule has 0 radical (unpaired) electrons. The van der Waals surface area contributed by atoms with E-state index in [0.717, 1.165) is 17.0 Å². The van der Waals surface area contributed by atoms with Crippen molar-refractivity contribution in [2.45, 2.75) is 12.1 Å². The second kappa shape index (κ2) is 6.40. The van der Waals surface area contributed by atoms with E-state index in [-0.39, 0.29) is 17.9 Å². The zero-order valence-corrected chi connectivity index (χ0v) is 13.0. The SMILES string of the molecule is CS(=O)CC1NC(c2ccc(F)cc2)=NC1c1ccccc1. The fourth-order valence-corrected chi connectivity index (χ4v) is 3.40. The van der Waals surface area contributed by atoms with Gasteiger partial charge in [-0.25, -0.2) is 4.39 Å². The molecule has 0 spiro atoms. The number of aliphatic imine (C=N–C) groups is 1. The molecule has 3 nitrogen and oxygen atoms in total. The molecule has 0 amide bonds. The van der Waals surface area contributed by atoms with E-state index in [9.17, 15) is 8.60 Å². The van der Waals surface area contributed by atoms with E-state index in [1.54, 1.807) is 18.4 Å². The molecule has 0 fully saturated rings. The van der Waals surface area contributed by atoms with E-state index in [2.05, 4.69) is 5.32 Å². The van der Waals surface area contributed by atoms with Gasteiger partial charge in [0, 0.05) is 28.4 Å². The van der Waals surface area contributed by atoms with E-state index in [1.807, 2.05) is 30.3 Å². The molecule has 22 heavy (non-hydrogen) atoms. The van der Waals surface area contributed by atoms with E-state index >= 15 is 0 Å². The molecule has 2 aromatic rings. The highest BCUT2D eigenvalue weighted by Gasteiger charge is 2.31. The Morgan fingerprint density at radius 3 is 2.45 bits per heavy atom. The lowest BCUT2D eigenvalue weighted by molar-refractivity contribution is 0.586. The van der Waals surface area contributed by atoms with Crippen LogP contribution in [0, 0.1) is 5.82 Å². The van der Waals surface area contributed by atoms with Crippen LogP contribution in [0.25, 0.3) is 0 Å². The van der Waals surface area contributed by atoms with Crippen molar-refractivity contribution in [3.8, 4) is 0 Å². The average Bonchev–Trinajstić information content (AvgIpc) is 2.92. The Hall–Kier alpha value is -2.01. The van der Waals surface area contributed by atoms with Crippen molar-refractivity contribution in [2.24, 2.45) is 4.99 Å². The van der Waals surface area contributed by atoms with Gasteiger partial charge in [0.05, 0.1) is 12.1 Å². The Morgan fingerprint density at radius 1 is 1.14 bits per heavy atom. The van der Waals surface area contributed by atoms with E-state index in [1.165, 1.54) is 12.1 Å². The third-order valence-corrected chi connectivity index (χ3v) is 4.47. The standard InChI is InChI=1S/C17H17FN2OS/c1-22(21)11-15-16(12-5-3-2-4-6-12)20-17(19-15)13-7-9-14(18)10-8-13/h2-10,15-16H,11H2,1H3,(H,19,20). The summed E-state index contributed by atoms with van der Waals surface area (Å²) in [6, 6.07) is 16.1. The Kier molecular flexibility index (Phi) is 4.34. The third kappa shape index (κ3) is 3.25. The molecule has 1 heterocycles. The van der Waals surface area contributed by atoms with Crippen LogP contribution in [0.15, 0.2) is 59.6 Å². The predicted molar refractivity (Wildman–Crippen MR) is 88.0 cm³/mol. The first kappa shape index (κ1) is 14.9. The Morgan fingerprint density at radius 2 is 1.82 bits per heavy atom. The van der Waals surface area contributed by atoms with Gasteiger partial charge < -0.3 is 5.32 Å². The number of halogens is 1. The minimum Gasteiger partial charge on any atom is -0.364 e. The van der Waals surface area contributed by atoms with Crippen LogP contribution in [0.5, 0.6) is 0 Å². The Labute approximate surface area is 131 Å². The first-order valence-corrected chi connectivity index (χ1v) is 8.81. The highest BCUT2D eigenvalue weighted by molar-refractivity contribution is 7.84. The van der Waals surface area contributed by atoms with Crippen LogP contribution in [-0.2, 0) is 10.8 Å². The van der Waals surface area contributed by atoms with Crippen LogP contribution in [0.2, 0.25) is 0 Å². The molecule has 0 saturated carbocycles. The van der Waals surface area contributed by atoms with Crippen LogP contribution in [0.1, 0.15) is 17.2 Å². The van der Waals surface area contributed by atoms with Crippen molar-refractivity contribution in [3.63, 3.8) is 0 Å². The largest absolute Gasteiger partial charge is 0.364 e. The topological polar surface area (TPSA) is 41.5 Å². The lowest BCUT2D eigenvalue weighted by atomic mass is 10.0. The lowest BCUT2D eigenvalue weighted by Gasteiger charge is -2.17. The molecule has 0 aliphatic carbocycles. The molecule has 0 saturated heterocycles. The van der Waals surface area contributed by atoms with Gasteiger partial charge in [0.2, 0.25) is 0 Å². The summed E-state index contributed by atoms with van der Waals surface area (Å²) < 4.78 is 24.7. The number of amidine groups is 1. The van der Waals surface area contributed by atoms with Crippen molar-refractivity contribution in [1.82, 2.24) is 5.32 Å². The number of hydrogen-bond donors (Lipinski definition) is 1. The normalized spacial score (nSPS) is 22.0. The minimum atomic E-state index is -0.921. The third-order valence-electron chi connectivity index (χ3n) is 3.64. The fourth-order valence-electron chi connectivity index (χ4n) is 2.63. The first-order chi connectivity index (χ1) is 10.6. The van der Waals surface area contributed by atoms with Crippen LogP contribution >= 0.6 is 0 Å². The molecule has 3 atom stereocenters. The zero-order chi connectivity index (χ0) is 15.5. The molecule has 1 N–H and O–H groups in total. The zero-order valence-electron chi connectivity index (χ0n) is 12.2. The van der Waals surface area contributed by atoms with Gasteiger partial charge >= 0.3 is 0 Å². The monoisotopic (exact) mass is 316 g/mol. The molecule has 1 aliphatic heterocycles. The van der Waals surface area contributed by atoms with Crippen molar-refractivity contribution >= 4 is 16.6 Å². The van der Waals surface area contributed by atoms with Gasteiger partial charge in [-0.2, -0.15) is 0 Å². The number of benzene rings is 2. The van der Waals surface area contributed by atoms with Crippen molar-refractivity contribution in [1.29, 1.82) is 0 Å². The van der Waals surface area contributed by atoms with Crippen molar-refractivity contribution < 1.29 is 8.60 Å². The summed E-state index contributed by atoms with van der Waals surface area (Å²) in [7, 11) is -0.921.